The van der Waals surface area contributed by atoms with Crippen molar-refractivity contribution in [3.63, 3.8) is 0 Å². The maximum absolute atomic E-state index is 12.7. The van der Waals surface area contributed by atoms with E-state index in [0.717, 1.165) is 64.2 Å². The molecule has 0 aromatic rings. The summed E-state index contributed by atoms with van der Waals surface area (Å²) in [5.74, 6) is -0.926. The van der Waals surface area contributed by atoms with Crippen LogP contribution in [0, 0.1) is 0 Å². The molecule has 0 aliphatic carbocycles. The zero-order valence-corrected chi connectivity index (χ0v) is 37.4. The van der Waals surface area contributed by atoms with Gasteiger partial charge in [0.1, 0.15) is 19.8 Å². The van der Waals surface area contributed by atoms with Crippen LogP contribution in [-0.2, 0) is 37.4 Å². The molecule has 1 fully saturated rings. The minimum absolute atomic E-state index is 0.0468. The number of phosphoric ester groups is 1. The van der Waals surface area contributed by atoms with Gasteiger partial charge >= 0.3 is 11.9 Å². The summed E-state index contributed by atoms with van der Waals surface area (Å²) in [6.07, 6.45) is 42.8. The lowest BCUT2D eigenvalue weighted by atomic mass is 10.1. The molecule has 10 nitrogen and oxygen atoms in total. The SMILES string of the molecule is CCCCC/C=C\C/C=C\CCCCCCCC(=O)O[C@H](COC(=O)CCC/C=C\C/C=C\C/C=C\CC1OC1CCCCC)COP(=O)([O-])OCC[N+](C)(C)C. The van der Waals surface area contributed by atoms with Crippen molar-refractivity contribution in [3.05, 3.63) is 60.8 Å². The lowest BCUT2D eigenvalue weighted by Gasteiger charge is -2.28. The summed E-state index contributed by atoms with van der Waals surface area (Å²) in [5, 5.41) is 0. The van der Waals surface area contributed by atoms with Gasteiger partial charge in [0.05, 0.1) is 40.0 Å². The number of ether oxygens (including phenoxy) is 3. The average Bonchev–Trinajstić information content (AvgIpc) is 3.91. The van der Waals surface area contributed by atoms with E-state index < -0.39 is 32.5 Å². The molecule has 1 heterocycles. The fourth-order valence-electron chi connectivity index (χ4n) is 5.83. The Bertz CT molecular complexity index is 1220. The molecule has 328 valence electrons. The highest BCUT2D eigenvalue weighted by Gasteiger charge is 2.36. The maximum atomic E-state index is 12.7. The number of carbonyl (C=O) groups is 2. The Morgan fingerprint density at radius 1 is 0.649 bits per heavy atom. The van der Waals surface area contributed by atoms with Gasteiger partial charge < -0.3 is 32.6 Å². The highest BCUT2D eigenvalue weighted by Crippen LogP contribution is 2.38. The van der Waals surface area contributed by atoms with Gasteiger partial charge in [-0.15, -0.1) is 0 Å². The Kier molecular flexibility index (Phi) is 31.9. The van der Waals surface area contributed by atoms with Crippen molar-refractivity contribution in [2.75, 3.05) is 47.5 Å². The van der Waals surface area contributed by atoms with Crippen molar-refractivity contribution in [1.29, 1.82) is 0 Å². The Hall–Kier alpha value is -2.33. The molecule has 11 heteroatoms. The van der Waals surface area contributed by atoms with E-state index in [2.05, 4.69) is 68.5 Å². The molecule has 0 radical (unpaired) electrons. The molecule has 0 amide bonds. The van der Waals surface area contributed by atoms with E-state index in [-0.39, 0.29) is 26.1 Å². The predicted octanol–water partition coefficient (Wildman–Crippen LogP) is 10.8. The Morgan fingerprint density at radius 2 is 1.19 bits per heavy atom. The van der Waals surface area contributed by atoms with Gasteiger partial charge in [-0.25, -0.2) is 0 Å². The van der Waals surface area contributed by atoms with E-state index in [0.29, 0.717) is 36.1 Å². The molecule has 1 aliphatic heterocycles. The number of hydrogen-bond donors (Lipinski definition) is 0. The van der Waals surface area contributed by atoms with Crippen LogP contribution in [0.5, 0.6) is 0 Å². The molecular weight excluding hydrogens is 741 g/mol. The summed E-state index contributed by atoms with van der Waals surface area (Å²) in [4.78, 5) is 37.5. The normalized spacial score (nSPS) is 17.7. The molecule has 0 saturated carbocycles. The number of unbranched alkanes of at least 4 members (excludes halogenated alkanes) is 11. The van der Waals surface area contributed by atoms with Crippen LogP contribution in [0.15, 0.2) is 60.8 Å². The average molecular weight is 822 g/mol. The van der Waals surface area contributed by atoms with Crippen LogP contribution < -0.4 is 4.89 Å². The van der Waals surface area contributed by atoms with Crippen LogP contribution in [0.1, 0.15) is 155 Å². The van der Waals surface area contributed by atoms with Crippen molar-refractivity contribution in [2.45, 2.75) is 173 Å². The van der Waals surface area contributed by atoms with Crippen LogP contribution in [0.4, 0.5) is 0 Å². The van der Waals surface area contributed by atoms with E-state index in [1.54, 1.807) is 0 Å². The lowest BCUT2D eigenvalue weighted by molar-refractivity contribution is -0.870. The van der Waals surface area contributed by atoms with Gasteiger partial charge in [-0.3, -0.25) is 14.2 Å². The highest BCUT2D eigenvalue weighted by molar-refractivity contribution is 7.45. The molecule has 57 heavy (non-hydrogen) atoms. The second-order valence-electron chi connectivity index (χ2n) is 16.1. The third-order valence-electron chi connectivity index (χ3n) is 9.43. The number of nitrogens with zero attached hydrogens (tertiary/aromatic N) is 1. The lowest BCUT2D eigenvalue weighted by Crippen LogP contribution is -2.37. The number of quaternary nitrogens is 1. The van der Waals surface area contributed by atoms with Crippen molar-refractivity contribution < 1.29 is 46.8 Å². The third-order valence-corrected chi connectivity index (χ3v) is 10.4. The number of epoxide rings is 1. The largest absolute Gasteiger partial charge is 0.756 e. The van der Waals surface area contributed by atoms with E-state index in [9.17, 15) is 19.0 Å². The molecule has 4 atom stereocenters. The first kappa shape index (κ1) is 52.7. The first-order valence-electron chi connectivity index (χ1n) is 22.1. The molecule has 0 bridgehead atoms. The summed E-state index contributed by atoms with van der Waals surface area (Å²) in [6.45, 7) is 4.06. The second kappa shape index (κ2) is 34.5. The molecule has 0 spiro atoms. The van der Waals surface area contributed by atoms with Gasteiger partial charge in [-0.1, -0.05) is 126 Å². The number of rotatable bonds is 38. The minimum Gasteiger partial charge on any atom is -0.756 e. The van der Waals surface area contributed by atoms with Crippen molar-refractivity contribution in [3.8, 4) is 0 Å². The van der Waals surface area contributed by atoms with E-state index in [4.69, 9.17) is 23.3 Å². The van der Waals surface area contributed by atoms with Crippen molar-refractivity contribution in [2.24, 2.45) is 0 Å². The van der Waals surface area contributed by atoms with Gasteiger partial charge in [-0.05, 0) is 77.0 Å². The smallest absolute Gasteiger partial charge is 0.306 e. The highest BCUT2D eigenvalue weighted by atomic mass is 31.2. The van der Waals surface area contributed by atoms with Crippen LogP contribution in [0.3, 0.4) is 0 Å². The van der Waals surface area contributed by atoms with Crippen molar-refractivity contribution >= 4 is 19.8 Å². The third kappa shape index (κ3) is 35.3. The Morgan fingerprint density at radius 3 is 1.84 bits per heavy atom. The van der Waals surface area contributed by atoms with E-state index >= 15 is 0 Å². The number of carbonyl (C=O) groups excluding carboxylic acids is 2. The van der Waals surface area contributed by atoms with Crippen LogP contribution >= 0.6 is 7.82 Å². The quantitative estimate of drug-likeness (QED) is 0.0149. The van der Waals surface area contributed by atoms with Gasteiger partial charge in [0.25, 0.3) is 7.82 Å². The van der Waals surface area contributed by atoms with Crippen LogP contribution in [-0.4, -0.2) is 82.2 Å². The summed E-state index contributed by atoms with van der Waals surface area (Å²) < 4.78 is 39.5. The second-order valence-corrected chi connectivity index (χ2v) is 17.5. The maximum Gasteiger partial charge on any atom is 0.306 e. The summed E-state index contributed by atoms with van der Waals surface area (Å²) in [5.41, 5.74) is 0. The molecule has 0 aromatic heterocycles. The van der Waals surface area contributed by atoms with Crippen LogP contribution in [0.2, 0.25) is 0 Å². The number of phosphoric acid groups is 1. The number of hydrogen-bond acceptors (Lipinski definition) is 9. The predicted molar refractivity (Wildman–Crippen MR) is 231 cm³/mol. The fourth-order valence-corrected chi connectivity index (χ4v) is 6.56. The Balaban J connectivity index is 2.33. The molecule has 1 saturated heterocycles. The first-order valence-corrected chi connectivity index (χ1v) is 23.6. The molecular formula is C46H80NO9P. The van der Waals surface area contributed by atoms with E-state index in [1.165, 1.54) is 51.4 Å². The minimum atomic E-state index is -4.65. The number of likely N-dealkylation sites (N-methyl/N-ethyl adjacent to an activating group) is 1. The fraction of sp³-hybridized carbons (Fsp3) is 0.739. The van der Waals surface area contributed by atoms with Gasteiger partial charge in [-0.2, -0.15) is 0 Å². The first-order chi connectivity index (χ1) is 27.5. The molecule has 0 aromatic carbocycles. The number of esters is 2. The Labute approximate surface area is 347 Å². The summed E-state index contributed by atoms with van der Waals surface area (Å²) in [7, 11) is 1.11. The molecule has 1 aliphatic rings. The molecule has 3 unspecified atom stereocenters. The summed E-state index contributed by atoms with van der Waals surface area (Å²) >= 11 is 0. The van der Waals surface area contributed by atoms with E-state index in [1.807, 2.05) is 27.2 Å². The van der Waals surface area contributed by atoms with Crippen LogP contribution in [0.25, 0.3) is 0 Å². The summed E-state index contributed by atoms with van der Waals surface area (Å²) in [6, 6.07) is 0. The standard InChI is InChI=1S/C46H80NO9P/c1-6-8-10-11-12-13-14-15-16-17-18-23-26-29-33-37-46(49)55-42(41-54-57(50,51)53-39-38-47(3,4)5)40-52-45(48)36-32-28-25-22-20-19-21-24-27-31-35-44-43(56-44)34-30-9-7-2/h12-13,15-16,19,21-22,25,27,31,42-44H,6-11,14,17-18,20,23-24,26,28-30,32-41H2,1-5H3/b13-12-,16-15-,21-19-,25-22-,31-27-/t42-,43?,44?/m1/s1. The van der Waals surface area contributed by atoms with Crippen molar-refractivity contribution in [1.82, 2.24) is 0 Å². The van der Waals surface area contributed by atoms with Gasteiger partial charge in [0, 0.05) is 12.8 Å². The zero-order chi connectivity index (χ0) is 41.9. The topological polar surface area (TPSA) is 124 Å². The molecule has 1 rings (SSSR count). The van der Waals surface area contributed by atoms with Gasteiger partial charge in [0.15, 0.2) is 6.10 Å². The molecule has 0 N–H and O–H groups in total. The zero-order valence-electron chi connectivity index (χ0n) is 36.5. The monoisotopic (exact) mass is 822 g/mol. The number of allylic oxidation sites excluding steroid dienone is 9. The van der Waals surface area contributed by atoms with Gasteiger partial charge in [0.2, 0.25) is 0 Å².